The highest BCUT2D eigenvalue weighted by Crippen LogP contribution is 2.17. The minimum Gasteiger partial charge on any atom is -0.369 e. The lowest BCUT2D eigenvalue weighted by atomic mass is 10.1. The standard InChI is InChI=1S/C18H16N4O/c1-3-5-13(4-2)12-22-17(23)10-16(21-18(22)20)15-8-6-14(11-19)7-9-15/h3-10H,1-2,12H2,(H2,20,21)/b13-5+. The largest absolute Gasteiger partial charge is 0.369 e. The molecule has 0 saturated carbocycles. The van der Waals surface area contributed by atoms with E-state index in [2.05, 4.69) is 18.1 Å². The third-order valence-corrected chi connectivity index (χ3v) is 3.28. The van der Waals surface area contributed by atoms with Crippen LogP contribution in [0.1, 0.15) is 5.56 Å². The summed E-state index contributed by atoms with van der Waals surface area (Å²) >= 11 is 0. The van der Waals surface area contributed by atoms with Crippen molar-refractivity contribution >= 4 is 5.95 Å². The Labute approximate surface area is 134 Å². The quantitative estimate of drug-likeness (QED) is 0.861. The second kappa shape index (κ2) is 7.05. The fourth-order valence-corrected chi connectivity index (χ4v) is 2.07. The Hall–Kier alpha value is -3.39. The third kappa shape index (κ3) is 3.63. The molecule has 0 unspecified atom stereocenters. The van der Waals surface area contributed by atoms with Crippen LogP contribution in [0.15, 0.2) is 72.1 Å². The zero-order chi connectivity index (χ0) is 16.8. The number of hydrogen-bond donors (Lipinski definition) is 1. The van der Waals surface area contributed by atoms with Crippen molar-refractivity contribution in [3.8, 4) is 17.3 Å². The fourth-order valence-electron chi connectivity index (χ4n) is 2.07. The van der Waals surface area contributed by atoms with Crippen molar-refractivity contribution in [3.05, 3.63) is 83.2 Å². The molecule has 0 aliphatic carbocycles. The molecule has 0 spiro atoms. The minimum absolute atomic E-state index is 0.119. The molecule has 2 rings (SSSR count). The Balaban J connectivity index is 2.42. The molecule has 5 nitrogen and oxygen atoms in total. The molecule has 1 heterocycles. The number of allylic oxidation sites excluding steroid dienone is 4. The van der Waals surface area contributed by atoms with Crippen molar-refractivity contribution in [1.29, 1.82) is 5.26 Å². The van der Waals surface area contributed by atoms with Crippen LogP contribution in [0.3, 0.4) is 0 Å². The van der Waals surface area contributed by atoms with Gasteiger partial charge in [0.15, 0.2) is 0 Å². The summed E-state index contributed by atoms with van der Waals surface area (Å²) < 4.78 is 1.37. The summed E-state index contributed by atoms with van der Waals surface area (Å²) in [6.07, 6.45) is 5.02. The molecule has 1 aromatic carbocycles. The third-order valence-electron chi connectivity index (χ3n) is 3.28. The van der Waals surface area contributed by atoms with Gasteiger partial charge in [-0.25, -0.2) is 4.98 Å². The number of nitrogen functional groups attached to an aromatic ring is 1. The Bertz CT molecular complexity index is 867. The van der Waals surface area contributed by atoms with Gasteiger partial charge in [0, 0.05) is 11.6 Å². The Kier molecular flexibility index (Phi) is 4.90. The summed E-state index contributed by atoms with van der Waals surface area (Å²) in [6.45, 7) is 7.60. The van der Waals surface area contributed by atoms with Gasteiger partial charge in [0.25, 0.3) is 5.56 Å². The summed E-state index contributed by atoms with van der Waals surface area (Å²) in [7, 11) is 0. The van der Waals surface area contributed by atoms with Crippen LogP contribution in [-0.2, 0) is 6.54 Å². The Morgan fingerprint density at radius 2 is 2.04 bits per heavy atom. The summed E-state index contributed by atoms with van der Waals surface area (Å²) in [6, 6.07) is 10.3. The van der Waals surface area contributed by atoms with Gasteiger partial charge in [-0.3, -0.25) is 9.36 Å². The van der Waals surface area contributed by atoms with E-state index >= 15 is 0 Å². The first-order chi connectivity index (χ1) is 11.1. The molecule has 114 valence electrons. The SMILES string of the molecule is C=C/C=C(\C=C)Cn1c(N)nc(-c2ccc(C#N)cc2)cc1=O. The van der Waals surface area contributed by atoms with E-state index in [1.807, 2.05) is 6.07 Å². The second-order valence-corrected chi connectivity index (χ2v) is 4.79. The highest BCUT2D eigenvalue weighted by atomic mass is 16.1. The molecule has 0 aliphatic rings. The van der Waals surface area contributed by atoms with Crippen molar-refractivity contribution in [1.82, 2.24) is 9.55 Å². The first-order valence-corrected chi connectivity index (χ1v) is 6.91. The van der Waals surface area contributed by atoms with Gasteiger partial charge < -0.3 is 5.73 Å². The molecular weight excluding hydrogens is 288 g/mol. The van der Waals surface area contributed by atoms with Gasteiger partial charge in [-0.15, -0.1) is 0 Å². The monoisotopic (exact) mass is 304 g/mol. The Morgan fingerprint density at radius 1 is 1.35 bits per heavy atom. The molecule has 2 N–H and O–H groups in total. The smallest absolute Gasteiger partial charge is 0.255 e. The maximum Gasteiger partial charge on any atom is 0.255 e. The van der Waals surface area contributed by atoms with Crippen molar-refractivity contribution in [2.24, 2.45) is 0 Å². The number of nitrogens with two attached hydrogens (primary N) is 1. The number of benzene rings is 1. The first kappa shape index (κ1) is 16.0. The van der Waals surface area contributed by atoms with E-state index < -0.39 is 0 Å². The van der Waals surface area contributed by atoms with Crippen molar-refractivity contribution in [2.45, 2.75) is 6.54 Å². The molecule has 0 radical (unpaired) electrons. The van der Waals surface area contributed by atoms with Crippen molar-refractivity contribution in [3.63, 3.8) is 0 Å². The van der Waals surface area contributed by atoms with Crippen LogP contribution < -0.4 is 11.3 Å². The lowest BCUT2D eigenvalue weighted by Crippen LogP contribution is -2.24. The zero-order valence-corrected chi connectivity index (χ0v) is 12.6. The van der Waals surface area contributed by atoms with Gasteiger partial charge in [0.05, 0.1) is 23.9 Å². The lowest BCUT2D eigenvalue weighted by molar-refractivity contribution is 0.753. The zero-order valence-electron chi connectivity index (χ0n) is 12.6. The fraction of sp³-hybridized carbons (Fsp3) is 0.0556. The van der Waals surface area contributed by atoms with Gasteiger partial charge in [-0.2, -0.15) is 5.26 Å². The van der Waals surface area contributed by atoms with Crippen LogP contribution in [0.2, 0.25) is 0 Å². The van der Waals surface area contributed by atoms with Crippen LogP contribution in [0.5, 0.6) is 0 Å². The van der Waals surface area contributed by atoms with Gasteiger partial charge in [-0.1, -0.05) is 43.5 Å². The Morgan fingerprint density at radius 3 is 2.57 bits per heavy atom. The lowest BCUT2D eigenvalue weighted by Gasteiger charge is -2.11. The van der Waals surface area contributed by atoms with Gasteiger partial charge in [0.1, 0.15) is 0 Å². The van der Waals surface area contributed by atoms with E-state index in [0.29, 0.717) is 11.3 Å². The van der Waals surface area contributed by atoms with E-state index in [1.165, 1.54) is 10.6 Å². The predicted molar refractivity (Wildman–Crippen MR) is 91.5 cm³/mol. The minimum atomic E-state index is -0.256. The molecule has 0 bridgehead atoms. The van der Waals surface area contributed by atoms with E-state index in [9.17, 15) is 4.79 Å². The van der Waals surface area contributed by atoms with E-state index in [4.69, 9.17) is 11.0 Å². The van der Waals surface area contributed by atoms with Crippen LogP contribution in [0.25, 0.3) is 11.3 Å². The molecule has 0 aliphatic heterocycles. The van der Waals surface area contributed by atoms with Crippen LogP contribution in [0.4, 0.5) is 5.95 Å². The second-order valence-electron chi connectivity index (χ2n) is 4.79. The normalized spacial score (nSPS) is 10.8. The summed E-state index contributed by atoms with van der Waals surface area (Å²) in [4.78, 5) is 16.6. The molecule has 0 amide bonds. The van der Waals surface area contributed by atoms with Gasteiger partial charge >= 0.3 is 0 Å². The van der Waals surface area contributed by atoms with Crippen molar-refractivity contribution in [2.75, 3.05) is 5.73 Å². The molecule has 1 aromatic heterocycles. The maximum atomic E-state index is 12.3. The van der Waals surface area contributed by atoms with Crippen LogP contribution in [0, 0.1) is 11.3 Å². The number of aromatic nitrogens is 2. The molecular formula is C18H16N4O. The van der Waals surface area contributed by atoms with Crippen LogP contribution >= 0.6 is 0 Å². The maximum absolute atomic E-state index is 12.3. The van der Waals surface area contributed by atoms with Crippen molar-refractivity contribution < 1.29 is 0 Å². The topological polar surface area (TPSA) is 84.7 Å². The summed E-state index contributed by atoms with van der Waals surface area (Å²) in [5, 5.41) is 8.82. The predicted octanol–water partition coefficient (Wildman–Crippen LogP) is 2.66. The number of nitriles is 1. The average molecular weight is 304 g/mol. The van der Waals surface area contributed by atoms with Crippen LogP contribution in [-0.4, -0.2) is 9.55 Å². The summed E-state index contributed by atoms with van der Waals surface area (Å²) in [5.74, 6) is 0.119. The molecule has 0 saturated heterocycles. The molecule has 5 heteroatoms. The molecule has 0 fully saturated rings. The first-order valence-electron chi connectivity index (χ1n) is 6.91. The van der Waals surface area contributed by atoms with E-state index in [0.717, 1.165) is 11.1 Å². The van der Waals surface area contributed by atoms with E-state index in [1.54, 1.807) is 42.5 Å². The molecule has 23 heavy (non-hydrogen) atoms. The molecule has 2 aromatic rings. The summed E-state index contributed by atoms with van der Waals surface area (Å²) in [5.41, 5.74) is 8.22. The van der Waals surface area contributed by atoms with Gasteiger partial charge in [0.2, 0.25) is 5.95 Å². The highest BCUT2D eigenvalue weighted by molar-refractivity contribution is 5.61. The average Bonchev–Trinajstić information content (AvgIpc) is 2.57. The number of nitrogens with zero attached hydrogens (tertiary/aromatic N) is 3. The number of rotatable bonds is 5. The highest BCUT2D eigenvalue weighted by Gasteiger charge is 2.08. The number of hydrogen-bond acceptors (Lipinski definition) is 4. The number of anilines is 1. The van der Waals surface area contributed by atoms with E-state index in [-0.39, 0.29) is 18.1 Å². The molecule has 0 atom stereocenters. The van der Waals surface area contributed by atoms with Gasteiger partial charge in [-0.05, 0) is 17.7 Å².